The van der Waals surface area contributed by atoms with Crippen molar-refractivity contribution in [2.75, 3.05) is 0 Å². The van der Waals surface area contributed by atoms with Gasteiger partial charge in [0.1, 0.15) is 0 Å². The zero-order valence-corrected chi connectivity index (χ0v) is 11.3. The lowest BCUT2D eigenvalue weighted by Crippen LogP contribution is -2.25. The average molecular weight is 280 g/mol. The molecular weight excluding hydrogens is 264 g/mol. The van der Waals surface area contributed by atoms with Gasteiger partial charge in [-0.05, 0) is 25.7 Å². The van der Waals surface area contributed by atoms with E-state index in [0.717, 1.165) is 36.3 Å². The summed E-state index contributed by atoms with van der Waals surface area (Å²) >= 11 is 1.60. The fourth-order valence-electron chi connectivity index (χ4n) is 2.53. The number of nitrogens with zero attached hydrogens (tertiary/aromatic N) is 2. The summed E-state index contributed by atoms with van der Waals surface area (Å²) < 4.78 is 7.82. The highest BCUT2D eigenvalue weighted by Crippen LogP contribution is 2.27. The molecule has 2 aromatic heterocycles. The van der Waals surface area contributed by atoms with Crippen LogP contribution in [0.5, 0.6) is 0 Å². The van der Waals surface area contributed by atoms with Gasteiger partial charge in [0.25, 0.3) is 0 Å². The average Bonchev–Trinajstić information content (AvgIpc) is 2.97. The third kappa shape index (κ3) is 2.79. The Morgan fingerprint density at radius 2 is 2.26 bits per heavy atom. The van der Waals surface area contributed by atoms with Crippen molar-refractivity contribution in [3.05, 3.63) is 23.5 Å². The van der Waals surface area contributed by atoms with Crippen molar-refractivity contribution in [1.82, 2.24) is 9.38 Å². The molecule has 0 spiro atoms. The summed E-state index contributed by atoms with van der Waals surface area (Å²) in [4.78, 5) is 16.3. The molecule has 1 aliphatic rings. The number of carbonyl (C=O) groups is 1. The van der Waals surface area contributed by atoms with E-state index >= 15 is 0 Å². The van der Waals surface area contributed by atoms with E-state index in [9.17, 15) is 4.79 Å². The molecule has 19 heavy (non-hydrogen) atoms. The van der Waals surface area contributed by atoms with Crippen LogP contribution in [0.1, 0.15) is 31.4 Å². The Kier molecular flexibility index (Phi) is 3.52. The Bertz CT molecular complexity index is 541. The predicted molar refractivity (Wildman–Crippen MR) is 71.2 cm³/mol. The van der Waals surface area contributed by atoms with Crippen molar-refractivity contribution in [1.29, 1.82) is 0 Å². The normalized spacial score (nSPS) is 23.8. The first-order chi connectivity index (χ1) is 9.22. The van der Waals surface area contributed by atoms with E-state index in [-0.39, 0.29) is 12.0 Å². The first-order valence-electron chi connectivity index (χ1n) is 6.48. The van der Waals surface area contributed by atoms with Crippen LogP contribution < -0.4 is 0 Å². The van der Waals surface area contributed by atoms with E-state index in [1.807, 2.05) is 22.2 Å². The molecule has 0 amide bonds. The molecule has 6 heteroatoms. The molecule has 102 valence electrons. The minimum Gasteiger partial charge on any atom is -0.481 e. The third-order valence-electron chi connectivity index (χ3n) is 3.63. The number of aliphatic carboxylic acids is 1. The second-order valence-corrected chi connectivity index (χ2v) is 5.82. The molecule has 0 atom stereocenters. The van der Waals surface area contributed by atoms with E-state index < -0.39 is 5.97 Å². The van der Waals surface area contributed by atoms with E-state index in [2.05, 4.69) is 4.98 Å². The molecule has 2 heterocycles. The van der Waals surface area contributed by atoms with Crippen LogP contribution in [0.4, 0.5) is 0 Å². The van der Waals surface area contributed by atoms with Crippen molar-refractivity contribution in [3.8, 4) is 0 Å². The molecule has 0 bridgehead atoms. The number of aromatic nitrogens is 2. The first kappa shape index (κ1) is 12.6. The summed E-state index contributed by atoms with van der Waals surface area (Å²) in [7, 11) is 0. The number of ether oxygens (including phenoxy) is 1. The smallest absolute Gasteiger partial charge is 0.306 e. The van der Waals surface area contributed by atoms with Crippen LogP contribution in [0.2, 0.25) is 0 Å². The molecule has 0 saturated heterocycles. The van der Waals surface area contributed by atoms with Crippen molar-refractivity contribution in [3.63, 3.8) is 0 Å². The van der Waals surface area contributed by atoms with Gasteiger partial charge in [-0.1, -0.05) is 0 Å². The number of imidazole rings is 1. The Balaban J connectivity index is 1.50. The van der Waals surface area contributed by atoms with Gasteiger partial charge < -0.3 is 9.84 Å². The van der Waals surface area contributed by atoms with Crippen molar-refractivity contribution in [2.45, 2.75) is 38.4 Å². The van der Waals surface area contributed by atoms with Gasteiger partial charge >= 0.3 is 5.97 Å². The molecule has 2 aromatic rings. The van der Waals surface area contributed by atoms with Crippen molar-refractivity contribution >= 4 is 22.3 Å². The van der Waals surface area contributed by atoms with Gasteiger partial charge in [0.05, 0.1) is 24.3 Å². The maximum absolute atomic E-state index is 10.9. The number of hydrogen-bond acceptors (Lipinski definition) is 4. The first-order valence-corrected chi connectivity index (χ1v) is 7.36. The van der Waals surface area contributed by atoms with Crippen molar-refractivity contribution < 1.29 is 14.6 Å². The Hall–Kier alpha value is -1.40. The quantitative estimate of drug-likeness (QED) is 0.934. The minimum atomic E-state index is -0.673. The Morgan fingerprint density at radius 1 is 1.47 bits per heavy atom. The van der Waals surface area contributed by atoms with Crippen LogP contribution in [-0.2, 0) is 16.1 Å². The number of carboxylic acid groups (broad SMARTS) is 1. The van der Waals surface area contributed by atoms with Crippen LogP contribution in [0.3, 0.4) is 0 Å². The molecular formula is C13H16N2O3S. The summed E-state index contributed by atoms with van der Waals surface area (Å²) in [6, 6.07) is 0. The number of fused-ring (bicyclic) bond motifs is 1. The number of carboxylic acids is 1. The van der Waals surface area contributed by atoms with Crippen LogP contribution in [0.15, 0.2) is 17.8 Å². The van der Waals surface area contributed by atoms with Gasteiger partial charge in [0.2, 0.25) is 0 Å². The molecule has 0 radical (unpaired) electrons. The lowest BCUT2D eigenvalue weighted by atomic mass is 9.87. The number of hydrogen-bond donors (Lipinski definition) is 1. The van der Waals surface area contributed by atoms with Crippen LogP contribution in [0, 0.1) is 5.92 Å². The minimum absolute atomic E-state index is 0.176. The summed E-state index contributed by atoms with van der Waals surface area (Å²) in [5.41, 5.74) is 0.937. The highest BCUT2D eigenvalue weighted by molar-refractivity contribution is 7.15. The molecule has 0 unspecified atom stereocenters. The van der Waals surface area contributed by atoms with Gasteiger partial charge in [-0.15, -0.1) is 11.3 Å². The second kappa shape index (κ2) is 5.30. The maximum atomic E-state index is 10.9. The van der Waals surface area contributed by atoms with E-state index in [1.54, 1.807) is 11.3 Å². The topological polar surface area (TPSA) is 63.8 Å². The highest BCUT2D eigenvalue weighted by Gasteiger charge is 2.26. The summed E-state index contributed by atoms with van der Waals surface area (Å²) in [6.07, 6.45) is 7.24. The maximum Gasteiger partial charge on any atom is 0.306 e. The second-order valence-electron chi connectivity index (χ2n) is 4.95. The van der Waals surface area contributed by atoms with E-state index in [0.29, 0.717) is 6.61 Å². The Labute approximate surface area is 114 Å². The monoisotopic (exact) mass is 280 g/mol. The van der Waals surface area contributed by atoms with Crippen LogP contribution in [-0.4, -0.2) is 26.6 Å². The zero-order valence-electron chi connectivity index (χ0n) is 10.5. The predicted octanol–water partition coefficient (Wildman–Crippen LogP) is 2.56. The van der Waals surface area contributed by atoms with Crippen molar-refractivity contribution in [2.24, 2.45) is 5.92 Å². The molecule has 0 aliphatic heterocycles. The summed E-state index contributed by atoms with van der Waals surface area (Å²) in [6.45, 7) is 0.511. The fraction of sp³-hybridized carbons (Fsp3) is 0.538. The summed E-state index contributed by atoms with van der Waals surface area (Å²) in [5, 5.41) is 10.9. The molecule has 1 saturated carbocycles. The SMILES string of the molecule is O=C(O)C1CCC(OCc2cn3ccsc3n2)CC1. The zero-order chi connectivity index (χ0) is 13.2. The van der Waals surface area contributed by atoms with Crippen LogP contribution >= 0.6 is 11.3 Å². The molecule has 5 nitrogen and oxygen atoms in total. The standard InChI is InChI=1S/C13H16N2O3S/c16-12(17)9-1-3-11(4-2-9)18-8-10-7-15-5-6-19-13(15)14-10/h5-7,9,11H,1-4,8H2,(H,16,17). The van der Waals surface area contributed by atoms with Gasteiger partial charge in [0, 0.05) is 17.8 Å². The fourth-order valence-corrected chi connectivity index (χ4v) is 3.24. The summed E-state index contributed by atoms with van der Waals surface area (Å²) in [5.74, 6) is -0.856. The highest BCUT2D eigenvalue weighted by atomic mass is 32.1. The molecule has 1 aliphatic carbocycles. The van der Waals surface area contributed by atoms with Gasteiger partial charge in [-0.2, -0.15) is 0 Å². The van der Waals surface area contributed by atoms with E-state index in [4.69, 9.17) is 9.84 Å². The number of thiazole rings is 1. The molecule has 0 aromatic carbocycles. The lowest BCUT2D eigenvalue weighted by Gasteiger charge is -2.25. The molecule has 1 fully saturated rings. The third-order valence-corrected chi connectivity index (χ3v) is 4.40. The van der Waals surface area contributed by atoms with Crippen LogP contribution in [0.25, 0.3) is 4.96 Å². The Morgan fingerprint density at radius 3 is 2.95 bits per heavy atom. The lowest BCUT2D eigenvalue weighted by molar-refractivity contribution is -0.143. The van der Waals surface area contributed by atoms with E-state index in [1.165, 1.54) is 0 Å². The molecule has 3 rings (SSSR count). The largest absolute Gasteiger partial charge is 0.481 e. The van der Waals surface area contributed by atoms with Gasteiger partial charge in [-0.3, -0.25) is 9.20 Å². The molecule has 1 N–H and O–H groups in total. The van der Waals surface area contributed by atoms with Gasteiger partial charge in [0.15, 0.2) is 4.96 Å². The van der Waals surface area contributed by atoms with Gasteiger partial charge in [-0.25, -0.2) is 4.98 Å². The number of rotatable bonds is 4.